The molecule has 7 heteroatoms. The first-order chi connectivity index (χ1) is 15.3. The van der Waals surface area contributed by atoms with Gasteiger partial charge in [-0.05, 0) is 35.6 Å². The van der Waals surface area contributed by atoms with Gasteiger partial charge in [0.15, 0.2) is 6.61 Å². The monoisotopic (exact) mass is 437 g/mol. The molecular weight excluding hydrogens is 410 g/mol. The van der Waals surface area contributed by atoms with Crippen molar-refractivity contribution in [2.75, 3.05) is 19.8 Å². The summed E-state index contributed by atoms with van der Waals surface area (Å²) in [5.74, 6) is -0.369. The Hall–Kier alpha value is -3.61. The topological polar surface area (TPSA) is 94.8 Å². The van der Waals surface area contributed by atoms with Crippen molar-refractivity contribution in [1.82, 2.24) is 5.32 Å². The lowest BCUT2D eigenvalue weighted by atomic mass is 9.86. The zero-order valence-electron chi connectivity index (χ0n) is 18.5. The molecule has 1 aromatic heterocycles. The Balaban J connectivity index is 1.41. The fourth-order valence-electron chi connectivity index (χ4n) is 3.17. The van der Waals surface area contributed by atoms with E-state index in [0.29, 0.717) is 23.1 Å². The van der Waals surface area contributed by atoms with Crippen LogP contribution in [0.25, 0.3) is 11.0 Å². The summed E-state index contributed by atoms with van der Waals surface area (Å²) < 4.78 is 16.0. The molecule has 0 unspecified atom stereocenters. The van der Waals surface area contributed by atoms with E-state index < -0.39 is 17.5 Å². The van der Waals surface area contributed by atoms with Gasteiger partial charge in [-0.2, -0.15) is 0 Å². The van der Waals surface area contributed by atoms with Crippen molar-refractivity contribution in [2.24, 2.45) is 0 Å². The van der Waals surface area contributed by atoms with Crippen LogP contribution in [-0.4, -0.2) is 31.6 Å². The molecule has 7 nitrogen and oxygen atoms in total. The molecule has 0 atom stereocenters. The highest BCUT2D eigenvalue weighted by Crippen LogP contribution is 2.30. The van der Waals surface area contributed by atoms with Gasteiger partial charge < -0.3 is 19.2 Å². The number of carbonyl (C=O) groups excluding carboxylic acids is 2. The van der Waals surface area contributed by atoms with Crippen LogP contribution in [0.2, 0.25) is 0 Å². The molecule has 0 bridgehead atoms. The van der Waals surface area contributed by atoms with E-state index in [1.165, 1.54) is 6.07 Å². The molecule has 0 aliphatic carbocycles. The van der Waals surface area contributed by atoms with Gasteiger partial charge in [0.1, 0.15) is 16.9 Å². The maximum Gasteiger partial charge on any atom is 0.349 e. The first kappa shape index (κ1) is 23.1. The number of nitrogens with one attached hydrogen (secondary N) is 1. The maximum absolute atomic E-state index is 12.3. The van der Waals surface area contributed by atoms with Crippen molar-refractivity contribution in [2.45, 2.75) is 32.6 Å². The molecule has 0 spiro atoms. The quantitative estimate of drug-likeness (QED) is 0.327. The van der Waals surface area contributed by atoms with Crippen LogP contribution < -0.4 is 15.7 Å². The standard InChI is InChI=1S/C25H27NO6/c1-25(2,3)19-10-5-7-12-21(19)31-16-22(27)30-14-8-13-26-23(28)18-15-17-9-4-6-11-20(17)32-24(18)29/h4-7,9-12,15H,8,13-14,16H2,1-3H3,(H,26,28). The maximum atomic E-state index is 12.3. The van der Waals surface area contributed by atoms with E-state index in [0.717, 1.165) is 5.56 Å². The van der Waals surface area contributed by atoms with E-state index >= 15 is 0 Å². The van der Waals surface area contributed by atoms with Crippen LogP contribution >= 0.6 is 0 Å². The SMILES string of the molecule is CC(C)(C)c1ccccc1OCC(=O)OCCCNC(=O)c1cc2ccccc2oc1=O. The average Bonchev–Trinajstić information content (AvgIpc) is 2.76. The lowest BCUT2D eigenvalue weighted by Crippen LogP contribution is -2.29. The molecule has 0 saturated carbocycles. The van der Waals surface area contributed by atoms with Gasteiger partial charge in [0, 0.05) is 11.9 Å². The van der Waals surface area contributed by atoms with Gasteiger partial charge in [-0.25, -0.2) is 9.59 Å². The first-order valence-electron chi connectivity index (χ1n) is 10.4. The van der Waals surface area contributed by atoms with Crippen molar-refractivity contribution in [3.8, 4) is 5.75 Å². The molecule has 32 heavy (non-hydrogen) atoms. The molecule has 0 radical (unpaired) electrons. The second kappa shape index (κ2) is 10.1. The van der Waals surface area contributed by atoms with Crippen molar-refractivity contribution < 1.29 is 23.5 Å². The van der Waals surface area contributed by atoms with E-state index in [2.05, 4.69) is 26.1 Å². The van der Waals surface area contributed by atoms with Crippen molar-refractivity contribution in [1.29, 1.82) is 0 Å². The summed E-state index contributed by atoms with van der Waals surface area (Å²) in [5, 5.41) is 3.30. The van der Waals surface area contributed by atoms with Crippen LogP contribution in [0.15, 0.2) is 63.8 Å². The van der Waals surface area contributed by atoms with Crippen molar-refractivity contribution in [3.05, 3.63) is 76.1 Å². The van der Waals surface area contributed by atoms with Crippen LogP contribution in [0, 0.1) is 0 Å². The second-order valence-electron chi connectivity index (χ2n) is 8.35. The number of rotatable bonds is 8. The Morgan fingerprint density at radius 2 is 1.75 bits per heavy atom. The van der Waals surface area contributed by atoms with Gasteiger partial charge in [-0.3, -0.25) is 4.79 Å². The van der Waals surface area contributed by atoms with Gasteiger partial charge in [0.25, 0.3) is 5.91 Å². The predicted molar refractivity (Wildman–Crippen MR) is 121 cm³/mol. The third-order valence-electron chi connectivity index (χ3n) is 4.80. The Morgan fingerprint density at radius 1 is 1.03 bits per heavy atom. The van der Waals surface area contributed by atoms with E-state index in [1.54, 1.807) is 24.3 Å². The number of carbonyl (C=O) groups is 2. The highest BCUT2D eigenvalue weighted by Gasteiger charge is 2.19. The van der Waals surface area contributed by atoms with Gasteiger partial charge in [-0.15, -0.1) is 0 Å². The molecule has 1 N–H and O–H groups in total. The summed E-state index contributed by atoms with van der Waals surface area (Å²) in [6.45, 7) is 6.39. The minimum atomic E-state index is -0.694. The molecule has 2 aromatic carbocycles. The van der Waals surface area contributed by atoms with Crippen LogP contribution in [0.4, 0.5) is 0 Å². The molecule has 1 heterocycles. The van der Waals surface area contributed by atoms with E-state index in [1.807, 2.05) is 24.3 Å². The molecule has 1 amide bonds. The Labute approximate surface area is 186 Å². The van der Waals surface area contributed by atoms with Gasteiger partial charge in [0.2, 0.25) is 0 Å². The van der Waals surface area contributed by atoms with Crippen LogP contribution in [0.1, 0.15) is 43.1 Å². The Morgan fingerprint density at radius 3 is 2.53 bits per heavy atom. The molecule has 0 saturated heterocycles. The van der Waals surface area contributed by atoms with E-state index in [-0.39, 0.29) is 30.7 Å². The highest BCUT2D eigenvalue weighted by molar-refractivity contribution is 5.96. The average molecular weight is 437 g/mol. The summed E-state index contributed by atoms with van der Waals surface area (Å²) in [5.41, 5.74) is 0.565. The van der Waals surface area contributed by atoms with Crippen LogP contribution in [-0.2, 0) is 14.9 Å². The number of hydrogen-bond donors (Lipinski definition) is 1. The zero-order valence-corrected chi connectivity index (χ0v) is 18.5. The number of fused-ring (bicyclic) bond motifs is 1. The normalized spacial score (nSPS) is 11.2. The lowest BCUT2D eigenvalue weighted by molar-refractivity contribution is -0.146. The Kier molecular flexibility index (Phi) is 7.30. The molecule has 168 valence electrons. The summed E-state index contributed by atoms with van der Waals surface area (Å²) in [6.07, 6.45) is 0.398. The van der Waals surface area contributed by atoms with E-state index in [4.69, 9.17) is 13.9 Å². The largest absolute Gasteiger partial charge is 0.482 e. The minimum Gasteiger partial charge on any atom is -0.482 e. The minimum absolute atomic E-state index is 0.0633. The number of hydrogen-bond acceptors (Lipinski definition) is 6. The van der Waals surface area contributed by atoms with Crippen LogP contribution in [0.5, 0.6) is 5.75 Å². The summed E-state index contributed by atoms with van der Waals surface area (Å²) >= 11 is 0. The number of para-hydroxylation sites is 2. The number of amides is 1. The highest BCUT2D eigenvalue weighted by atomic mass is 16.6. The molecule has 0 fully saturated rings. The van der Waals surface area contributed by atoms with Gasteiger partial charge in [0.05, 0.1) is 6.61 Å². The fraction of sp³-hybridized carbons (Fsp3) is 0.320. The van der Waals surface area contributed by atoms with Gasteiger partial charge in [-0.1, -0.05) is 57.2 Å². The molecular formula is C25H27NO6. The second-order valence-corrected chi connectivity index (χ2v) is 8.35. The summed E-state index contributed by atoms with van der Waals surface area (Å²) in [4.78, 5) is 36.3. The molecule has 3 rings (SSSR count). The predicted octanol–water partition coefficient (Wildman–Crippen LogP) is 3.83. The molecule has 0 aliphatic rings. The summed E-state index contributed by atoms with van der Waals surface area (Å²) in [6, 6.07) is 16.1. The summed E-state index contributed by atoms with van der Waals surface area (Å²) in [7, 11) is 0. The lowest BCUT2D eigenvalue weighted by Gasteiger charge is -2.22. The fourth-order valence-corrected chi connectivity index (χ4v) is 3.17. The zero-order chi connectivity index (χ0) is 23.1. The van der Waals surface area contributed by atoms with Crippen molar-refractivity contribution >= 4 is 22.8 Å². The molecule has 0 aliphatic heterocycles. The number of esters is 1. The number of ether oxygens (including phenoxy) is 2. The number of benzene rings is 2. The third-order valence-corrected chi connectivity index (χ3v) is 4.80. The van der Waals surface area contributed by atoms with Gasteiger partial charge >= 0.3 is 11.6 Å². The van der Waals surface area contributed by atoms with E-state index in [9.17, 15) is 14.4 Å². The Bertz CT molecular complexity index is 1160. The molecule has 3 aromatic rings. The smallest absolute Gasteiger partial charge is 0.349 e. The van der Waals surface area contributed by atoms with Crippen LogP contribution in [0.3, 0.4) is 0 Å². The van der Waals surface area contributed by atoms with Crippen molar-refractivity contribution in [3.63, 3.8) is 0 Å². The third kappa shape index (κ3) is 5.97. The first-order valence-corrected chi connectivity index (χ1v) is 10.4.